The lowest BCUT2D eigenvalue weighted by Gasteiger charge is -2.38. The predicted molar refractivity (Wildman–Crippen MR) is 264 cm³/mol. The second-order valence-electron chi connectivity index (χ2n) is 15.4. The summed E-state index contributed by atoms with van der Waals surface area (Å²) in [7, 11) is 0. The summed E-state index contributed by atoms with van der Waals surface area (Å²) in [6.07, 6.45) is 14.4. The van der Waals surface area contributed by atoms with Crippen LogP contribution >= 0.6 is 0 Å². The van der Waals surface area contributed by atoms with E-state index in [9.17, 15) is 0 Å². The van der Waals surface area contributed by atoms with Crippen molar-refractivity contribution in [2.45, 2.75) is 26.8 Å². The maximum Gasteiger partial charge on any atom is 0.159 e. The summed E-state index contributed by atoms with van der Waals surface area (Å²) in [6.45, 7) is 11.4. The number of nitrogens with zero attached hydrogens (tertiary/aromatic N) is 11. The highest BCUT2D eigenvalue weighted by molar-refractivity contribution is 6.00. The number of amidine groups is 1. The minimum Gasteiger partial charge on any atom is -0.353 e. The Morgan fingerprint density at radius 3 is 1.82 bits per heavy atom. The molecule has 0 saturated carbocycles. The Balaban J connectivity index is 0.000000154. The van der Waals surface area contributed by atoms with Crippen molar-refractivity contribution in [3.63, 3.8) is 0 Å². The number of para-hydroxylation sites is 2. The fraction of sp³-hybridized carbons (Fsp3) is 0.120. The highest BCUT2D eigenvalue weighted by atomic mass is 15.3. The summed E-state index contributed by atoms with van der Waals surface area (Å²) in [5.41, 5.74) is 19.6. The molecule has 0 atom stereocenters. The normalized spacial score (nSPS) is 13.1. The van der Waals surface area contributed by atoms with Gasteiger partial charge in [0.15, 0.2) is 11.6 Å². The smallest absolute Gasteiger partial charge is 0.159 e. The third-order valence-electron chi connectivity index (χ3n) is 11.2. The molecule has 10 heterocycles. The first-order chi connectivity index (χ1) is 33.0. The number of fused-ring (bicyclic) bond motifs is 4. The second-order valence-corrected chi connectivity index (χ2v) is 15.4. The molecule has 9 aromatic heterocycles. The lowest BCUT2D eigenvalue weighted by atomic mass is 10.1. The van der Waals surface area contributed by atoms with Gasteiger partial charge in [-0.3, -0.25) is 35.2 Å². The molecule has 2 aromatic carbocycles. The Bertz CT molecular complexity index is 3550. The van der Waals surface area contributed by atoms with E-state index in [0.29, 0.717) is 17.3 Å². The van der Waals surface area contributed by atoms with Crippen LogP contribution in [0.25, 0.3) is 106 Å². The van der Waals surface area contributed by atoms with Gasteiger partial charge in [-0.2, -0.15) is 15.3 Å². The molecule has 11 aromatic rings. The van der Waals surface area contributed by atoms with Crippen LogP contribution in [0.1, 0.15) is 26.5 Å². The van der Waals surface area contributed by atoms with Gasteiger partial charge in [-0.1, -0.05) is 62.9 Å². The van der Waals surface area contributed by atoms with E-state index in [1.807, 2.05) is 118 Å². The summed E-state index contributed by atoms with van der Waals surface area (Å²) in [6, 6.07) is 27.9. The maximum atomic E-state index is 5.95. The van der Waals surface area contributed by atoms with Crippen molar-refractivity contribution in [1.29, 1.82) is 0 Å². The maximum absolute atomic E-state index is 5.95. The van der Waals surface area contributed by atoms with Gasteiger partial charge in [-0.25, -0.2) is 15.0 Å². The molecule has 0 spiro atoms. The van der Waals surface area contributed by atoms with E-state index in [-0.39, 0.29) is 6.04 Å². The number of aromatic amines is 5. The largest absolute Gasteiger partial charge is 0.353 e. The number of imidazole rings is 2. The standard InChI is InChI=1S/C27H25N9.C21H14N8.C2H6/c1-3-19(31-24(4-2)36-14-16(28)15-36)22-12-18-23(13-30-22)34-35-26(18)27-32-21-10-7-8-17(25(21)33-27)20-9-5-6-11-29-20;1-2-7-22-15(5-1)13-4-3-6-16-19(13)27-21(26-16)20-14-8-17(12-9-24-25-10-12)23-11-18(14)28-29-20;1-2/h3-13,16H,2,14-15,28H2,1H3,(H,32,33)(H,34,35);1-11H,(H,24,25)(H,26,27)(H,28,29);1-2H3/b19-3-,31-24?;;. The average Bonchev–Trinajstić information content (AvgIpc) is 4.24. The number of nitrogens with two attached hydrogens (primary N) is 1. The highest BCUT2D eigenvalue weighted by Gasteiger charge is 2.25. The van der Waals surface area contributed by atoms with E-state index in [1.54, 1.807) is 37.1 Å². The zero-order valence-electron chi connectivity index (χ0n) is 36.9. The SMILES string of the molecule is C=CC(=N/C(=C\C)c1cc2c(-c3nc4c(-c5ccccn5)cccc4[nH]3)n[nH]c2cn1)N1CC(N)C1.CC.c1ccc(-c2cccc3[nH]c(-c4n[nH]c5cnc(-c6cn[nH]c6)cc45)nc23)nc1. The predicted octanol–water partition coefficient (Wildman–Crippen LogP) is 9.13. The first kappa shape index (κ1) is 42.0. The van der Waals surface area contributed by atoms with Gasteiger partial charge in [0, 0.05) is 65.2 Å². The van der Waals surface area contributed by atoms with Gasteiger partial charge < -0.3 is 20.6 Å². The van der Waals surface area contributed by atoms with E-state index >= 15 is 0 Å². The molecule has 0 aliphatic carbocycles. The number of aliphatic imine (C=N–C) groups is 1. The van der Waals surface area contributed by atoms with Crippen LogP contribution in [0.5, 0.6) is 0 Å². The summed E-state index contributed by atoms with van der Waals surface area (Å²) >= 11 is 0. The number of H-pyrrole nitrogens is 5. The van der Waals surface area contributed by atoms with Crippen LogP contribution in [-0.2, 0) is 0 Å². The van der Waals surface area contributed by atoms with Crippen LogP contribution in [-0.4, -0.2) is 100 Å². The van der Waals surface area contributed by atoms with E-state index < -0.39 is 0 Å². The quantitative estimate of drug-likeness (QED) is 0.0621. The number of hydrogen-bond acceptors (Lipinski definition) is 11. The first-order valence-corrected chi connectivity index (χ1v) is 21.9. The number of benzene rings is 2. The van der Waals surface area contributed by atoms with Crippen LogP contribution < -0.4 is 5.73 Å². The Labute approximate surface area is 383 Å². The van der Waals surface area contributed by atoms with Gasteiger partial charge in [0.2, 0.25) is 0 Å². The zero-order chi connectivity index (χ0) is 45.9. The summed E-state index contributed by atoms with van der Waals surface area (Å²) < 4.78 is 0. The molecule has 67 heavy (non-hydrogen) atoms. The van der Waals surface area contributed by atoms with Crippen molar-refractivity contribution in [2.24, 2.45) is 10.7 Å². The topological polar surface area (TPSA) is 237 Å². The molecule has 12 rings (SSSR count). The summed E-state index contributed by atoms with van der Waals surface area (Å²) in [5, 5.41) is 23.8. The van der Waals surface area contributed by atoms with Gasteiger partial charge in [0.25, 0.3) is 0 Å². The van der Waals surface area contributed by atoms with Crippen molar-refractivity contribution in [3.8, 4) is 56.8 Å². The van der Waals surface area contributed by atoms with Gasteiger partial charge in [-0.05, 0) is 61.5 Å². The number of likely N-dealkylation sites (tertiary alicyclic amines) is 1. The molecule has 7 N–H and O–H groups in total. The van der Waals surface area contributed by atoms with E-state index in [0.717, 1.165) is 114 Å². The van der Waals surface area contributed by atoms with E-state index in [4.69, 9.17) is 20.7 Å². The van der Waals surface area contributed by atoms with Gasteiger partial charge in [0.05, 0.1) is 80.2 Å². The Morgan fingerprint density at radius 1 is 0.701 bits per heavy atom. The summed E-state index contributed by atoms with van der Waals surface area (Å²) in [4.78, 5) is 41.6. The Kier molecular flexibility index (Phi) is 11.5. The number of allylic oxidation sites excluding steroid dienone is 1. The molecule has 1 aliphatic rings. The molecule has 1 saturated heterocycles. The van der Waals surface area contributed by atoms with Crippen molar-refractivity contribution in [3.05, 3.63) is 147 Å². The van der Waals surface area contributed by atoms with E-state index in [1.165, 1.54) is 0 Å². The average molecular weight is 884 g/mol. The second kappa shape index (κ2) is 18.3. The fourth-order valence-electron chi connectivity index (χ4n) is 7.97. The van der Waals surface area contributed by atoms with Crippen molar-refractivity contribution >= 4 is 55.4 Å². The third-order valence-corrected chi connectivity index (χ3v) is 11.2. The molecule has 1 aliphatic heterocycles. The Hall–Kier alpha value is -8.96. The molecular weight excluding hydrogens is 839 g/mol. The third kappa shape index (κ3) is 8.10. The fourth-order valence-corrected chi connectivity index (χ4v) is 7.97. The van der Waals surface area contributed by atoms with Crippen LogP contribution in [0.2, 0.25) is 0 Å². The van der Waals surface area contributed by atoms with E-state index in [2.05, 4.69) is 72.0 Å². The molecule has 17 nitrogen and oxygen atoms in total. The monoisotopic (exact) mass is 883 g/mol. The number of rotatable bonds is 8. The molecule has 0 unspecified atom stereocenters. The van der Waals surface area contributed by atoms with Gasteiger partial charge in [0.1, 0.15) is 17.2 Å². The molecular formula is C50H45N17. The lowest BCUT2D eigenvalue weighted by molar-refractivity contribution is 0.256. The molecule has 0 radical (unpaired) electrons. The minimum absolute atomic E-state index is 0.175. The highest BCUT2D eigenvalue weighted by Crippen LogP contribution is 2.34. The van der Waals surface area contributed by atoms with Crippen LogP contribution in [0, 0.1) is 0 Å². The van der Waals surface area contributed by atoms with Crippen molar-refractivity contribution in [2.75, 3.05) is 13.1 Å². The van der Waals surface area contributed by atoms with Gasteiger partial charge >= 0.3 is 0 Å². The lowest BCUT2D eigenvalue weighted by Crippen LogP contribution is -2.57. The van der Waals surface area contributed by atoms with Crippen molar-refractivity contribution < 1.29 is 0 Å². The number of hydrogen-bond donors (Lipinski definition) is 6. The molecule has 1 fully saturated rings. The summed E-state index contributed by atoms with van der Waals surface area (Å²) in [5.74, 6) is 2.15. The number of nitrogens with one attached hydrogen (secondary N) is 5. The van der Waals surface area contributed by atoms with Gasteiger partial charge in [-0.15, -0.1) is 0 Å². The molecule has 17 heteroatoms. The van der Waals surface area contributed by atoms with Crippen molar-refractivity contribution in [1.82, 2.24) is 75.4 Å². The Morgan fingerprint density at radius 2 is 1.30 bits per heavy atom. The van der Waals surface area contributed by atoms with Crippen LogP contribution in [0.15, 0.2) is 146 Å². The van der Waals surface area contributed by atoms with Crippen LogP contribution in [0.4, 0.5) is 0 Å². The minimum atomic E-state index is 0.175. The number of pyridine rings is 4. The molecule has 0 bridgehead atoms. The zero-order valence-corrected chi connectivity index (χ0v) is 36.9. The number of aromatic nitrogens is 14. The molecule has 330 valence electrons. The molecule has 0 amide bonds. The first-order valence-electron chi connectivity index (χ1n) is 21.9. The van der Waals surface area contributed by atoms with Crippen LogP contribution in [0.3, 0.4) is 0 Å².